The number of benzene rings is 1. The number of hydrogen-bond donors (Lipinski definition) is 2. The minimum Gasteiger partial charge on any atom is -0.334 e. The van der Waals surface area contributed by atoms with Crippen LogP contribution in [0.3, 0.4) is 0 Å². The van der Waals surface area contributed by atoms with Crippen molar-refractivity contribution in [1.82, 2.24) is 19.9 Å². The lowest BCUT2D eigenvalue weighted by Crippen LogP contribution is -2.05. The first-order valence-corrected chi connectivity index (χ1v) is 7.99. The first kappa shape index (κ1) is 16.3. The van der Waals surface area contributed by atoms with Crippen molar-refractivity contribution < 1.29 is 4.92 Å². The Morgan fingerprint density at radius 3 is 2.48 bits per heavy atom. The zero-order valence-electron chi connectivity index (χ0n) is 13.9. The predicted molar refractivity (Wildman–Crippen MR) is 101 cm³/mol. The van der Waals surface area contributed by atoms with E-state index in [2.05, 4.69) is 30.6 Å². The van der Waals surface area contributed by atoms with Crippen molar-refractivity contribution in [3.05, 3.63) is 77.5 Å². The van der Waals surface area contributed by atoms with Crippen LogP contribution in [0.25, 0.3) is 10.9 Å². The maximum absolute atomic E-state index is 11.7. The van der Waals surface area contributed by atoms with Crippen LogP contribution in [0.1, 0.15) is 0 Å². The molecule has 9 heteroatoms. The molecular formula is C18H13N7O2. The minimum absolute atomic E-state index is 0.0730. The van der Waals surface area contributed by atoms with E-state index in [1.165, 1.54) is 6.33 Å². The lowest BCUT2D eigenvalue weighted by Gasteiger charge is -2.11. The van der Waals surface area contributed by atoms with Crippen molar-refractivity contribution in [3.8, 4) is 0 Å². The summed E-state index contributed by atoms with van der Waals surface area (Å²) in [6, 6.07) is 12.6. The number of rotatable bonds is 5. The molecule has 4 aromatic rings. The van der Waals surface area contributed by atoms with E-state index in [-0.39, 0.29) is 17.3 Å². The van der Waals surface area contributed by atoms with E-state index in [0.29, 0.717) is 11.4 Å². The van der Waals surface area contributed by atoms with E-state index in [1.807, 2.05) is 24.3 Å². The van der Waals surface area contributed by atoms with E-state index in [9.17, 15) is 10.1 Å². The molecule has 0 spiro atoms. The summed E-state index contributed by atoms with van der Waals surface area (Å²) in [5.41, 5.74) is 1.75. The molecule has 0 aliphatic heterocycles. The summed E-state index contributed by atoms with van der Waals surface area (Å²) >= 11 is 0. The van der Waals surface area contributed by atoms with Gasteiger partial charge in [-0.1, -0.05) is 6.07 Å². The average molecular weight is 359 g/mol. The lowest BCUT2D eigenvalue weighted by atomic mass is 10.2. The second-order valence-corrected chi connectivity index (χ2v) is 5.54. The third-order valence-electron chi connectivity index (χ3n) is 3.83. The summed E-state index contributed by atoms with van der Waals surface area (Å²) in [5.74, 6) is 0.154. The van der Waals surface area contributed by atoms with Crippen LogP contribution in [-0.2, 0) is 0 Å². The second-order valence-electron chi connectivity index (χ2n) is 5.54. The Morgan fingerprint density at radius 2 is 1.70 bits per heavy atom. The van der Waals surface area contributed by atoms with Crippen LogP contribution >= 0.6 is 0 Å². The number of nitrogens with one attached hydrogen (secondary N) is 2. The molecule has 0 aliphatic rings. The first-order chi connectivity index (χ1) is 13.2. The molecule has 3 heterocycles. The normalized spacial score (nSPS) is 10.5. The highest BCUT2D eigenvalue weighted by Gasteiger charge is 2.23. The van der Waals surface area contributed by atoms with Crippen LogP contribution in [-0.4, -0.2) is 24.9 Å². The molecule has 27 heavy (non-hydrogen) atoms. The van der Waals surface area contributed by atoms with Crippen LogP contribution in [0.15, 0.2) is 67.4 Å². The molecule has 9 nitrogen and oxygen atoms in total. The highest BCUT2D eigenvalue weighted by Crippen LogP contribution is 2.34. The van der Waals surface area contributed by atoms with Gasteiger partial charge in [-0.25, -0.2) is 9.97 Å². The van der Waals surface area contributed by atoms with Gasteiger partial charge < -0.3 is 10.6 Å². The number of nitro groups is 1. The molecule has 0 saturated heterocycles. The molecule has 0 atom stereocenters. The Kier molecular flexibility index (Phi) is 4.24. The summed E-state index contributed by atoms with van der Waals surface area (Å²) in [6.07, 6.45) is 6.11. The fourth-order valence-electron chi connectivity index (χ4n) is 2.65. The van der Waals surface area contributed by atoms with Crippen molar-refractivity contribution in [2.75, 3.05) is 10.6 Å². The standard InChI is InChI=1S/C18H13N7O2/c26-25(27)16-17(23-12-4-2-8-19-10-12)21-11-22-18(16)24-15-7-1-6-14-13(15)5-3-9-20-14/h1-11H,(H2,21,22,23,24). The lowest BCUT2D eigenvalue weighted by molar-refractivity contribution is -0.383. The molecule has 0 amide bonds. The molecule has 4 rings (SSSR count). The van der Waals surface area contributed by atoms with Gasteiger partial charge in [-0.15, -0.1) is 0 Å². The van der Waals surface area contributed by atoms with Gasteiger partial charge >= 0.3 is 5.69 Å². The Labute approximate surface area is 153 Å². The van der Waals surface area contributed by atoms with Gasteiger partial charge in [0.05, 0.1) is 22.3 Å². The van der Waals surface area contributed by atoms with Crippen molar-refractivity contribution in [3.63, 3.8) is 0 Å². The Balaban J connectivity index is 1.76. The molecular weight excluding hydrogens is 346 g/mol. The Bertz CT molecular complexity index is 1110. The molecule has 0 aliphatic carbocycles. The second kappa shape index (κ2) is 7.00. The van der Waals surface area contributed by atoms with Gasteiger partial charge in [-0.3, -0.25) is 20.1 Å². The van der Waals surface area contributed by atoms with E-state index in [1.54, 1.807) is 36.8 Å². The number of fused-ring (bicyclic) bond motifs is 1. The molecule has 1 aromatic carbocycles. The molecule has 132 valence electrons. The summed E-state index contributed by atoms with van der Waals surface area (Å²) in [7, 11) is 0. The monoisotopic (exact) mass is 359 g/mol. The number of nitrogens with zero attached hydrogens (tertiary/aromatic N) is 5. The summed E-state index contributed by atoms with van der Waals surface area (Å²) in [5, 5.41) is 18.5. The van der Waals surface area contributed by atoms with Crippen LogP contribution in [0.5, 0.6) is 0 Å². The number of hydrogen-bond acceptors (Lipinski definition) is 8. The topological polar surface area (TPSA) is 119 Å². The molecule has 0 saturated carbocycles. The van der Waals surface area contributed by atoms with Crippen molar-refractivity contribution in [2.24, 2.45) is 0 Å². The highest BCUT2D eigenvalue weighted by atomic mass is 16.6. The fourth-order valence-corrected chi connectivity index (χ4v) is 2.65. The van der Waals surface area contributed by atoms with E-state index in [0.717, 1.165) is 10.9 Å². The number of pyridine rings is 2. The number of anilines is 4. The molecule has 0 radical (unpaired) electrons. The van der Waals surface area contributed by atoms with E-state index in [4.69, 9.17) is 0 Å². The van der Waals surface area contributed by atoms with Crippen LogP contribution < -0.4 is 10.6 Å². The third kappa shape index (κ3) is 3.33. The SMILES string of the molecule is O=[N+]([O-])c1c(Nc2cccnc2)ncnc1Nc1cccc2ncccc12. The van der Waals surface area contributed by atoms with Gasteiger partial charge in [0.25, 0.3) is 0 Å². The zero-order valence-corrected chi connectivity index (χ0v) is 13.9. The van der Waals surface area contributed by atoms with Crippen molar-refractivity contribution in [1.29, 1.82) is 0 Å². The average Bonchev–Trinajstić information content (AvgIpc) is 2.69. The van der Waals surface area contributed by atoms with Gasteiger partial charge in [0.1, 0.15) is 6.33 Å². The van der Waals surface area contributed by atoms with Gasteiger partial charge in [-0.2, -0.15) is 0 Å². The summed E-state index contributed by atoms with van der Waals surface area (Å²) in [6.45, 7) is 0. The fraction of sp³-hybridized carbons (Fsp3) is 0. The zero-order chi connectivity index (χ0) is 18.6. The Hall–Kier alpha value is -4.14. The van der Waals surface area contributed by atoms with Crippen LogP contribution in [0.4, 0.5) is 28.7 Å². The first-order valence-electron chi connectivity index (χ1n) is 7.99. The maximum atomic E-state index is 11.7. The van der Waals surface area contributed by atoms with Gasteiger partial charge in [0.15, 0.2) is 0 Å². The van der Waals surface area contributed by atoms with E-state index >= 15 is 0 Å². The predicted octanol–water partition coefficient (Wildman–Crippen LogP) is 3.82. The van der Waals surface area contributed by atoms with Gasteiger partial charge in [-0.05, 0) is 36.4 Å². The quantitative estimate of drug-likeness (QED) is 0.408. The third-order valence-corrected chi connectivity index (χ3v) is 3.83. The van der Waals surface area contributed by atoms with Crippen molar-refractivity contribution >= 4 is 39.6 Å². The summed E-state index contributed by atoms with van der Waals surface area (Å²) < 4.78 is 0. The maximum Gasteiger partial charge on any atom is 0.353 e. The molecule has 0 bridgehead atoms. The van der Waals surface area contributed by atoms with Gasteiger partial charge in [0.2, 0.25) is 11.6 Å². The molecule has 0 unspecified atom stereocenters. The van der Waals surface area contributed by atoms with E-state index < -0.39 is 4.92 Å². The summed E-state index contributed by atoms with van der Waals surface area (Å²) in [4.78, 5) is 27.5. The number of aromatic nitrogens is 4. The van der Waals surface area contributed by atoms with Gasteiger partial charge in [0, 0.05) is 23.5 Å². The van der Waals surface area contributed by atoms with Crippen molar-refractivity contribution in [2.45, 2.75) is 0 Å². The Morgan fingerprint density at radius 1 is 0.889 bits per heavy atom. The highest BCUT2D eigenvalue weighted by molar-refractivity contribution is 5.93. The van der Waals surface area contributed by atoms with Crippen LogP contribution in [0.2, 0.25) is 0 Å². The molecule has 0 fully saturated rings. The van der Waals surface area contributed by atoms with Crippen LogP contribution in [0, 0.1) is 10.1 Å². The smallest absolute Gasteiger partial charge is 0.334 e. The minimum atomic E-state index is -0.523. The largest absolute Gasteiger partial charge is 0.353 e. The molecule has 2 N–H and O–H groups in total. The molecule has 3 aromatic heterocycles.